The molecule has 14 heavy (non-hydrogen) atoms. The minimum absolute atomic E-state index is 0.388. The van der Waals surface area contributed by atoms with Crippen molar-refractivity contribution >= 4 is 0 Å². The van der Waals surface area contributed by atoms with Gasteiger partial charge in [0.2, 0.25) is 0 Å². The van der Waals surface area contributed by atoms with E-state index in [1.54, 1.807) is 0 Å². The lowest BCUT2D eigenvalue weighted by atomic mass is 9.56. The van der Waals surface area contributed by atoms with E-state index in [9.17, 15) is 0 Å². The van der Waals surface area contributed by atoms with Gasteiger partial charge in [-0.3, -0.25) is 5.84 Å². The van der Waals surface area contributed by atoms with Crippen LogP contribution in [0.5, 0.6) is 0 Å². The van der Waals surface area contributed by atoms with Crippen LogP contribution in [0.4, 0.5) is 0 Å². The molecule has 0 aromatic heterocycles. The highest BCUT2D eigenvalue weighted by Gasteiger charge is 2.50. The summed E-state index contributed by atoms with van der Waals surface area (Å²) in [4.78, 5) is 0. The lowest BCUT2D eigenvalue weighted by Gasteiger charge is -2.55. The molecule has 2 saturated heterocycles. The quantitative estimate of drug-likeness (QED) is 0.677. The molecule has 74 valence electrons. The zero-order valence-electron chi connectivity index (χ0n) is 8.32. The number of hydrazine groups is 1. The van der Waals surface area contributed by atoms with Gasteiger partial charge in [-0.15, -0.1) is 0 Å². The van der Waals surface area contributed by atoms with Gasteiger partial charge in [0.15, 0.2) is 0 Å². The number of hydrogen-bond donors (Lipinski definition) is 1. The van der Waals surface area contributed by atoms with E-state index < -0.39 is 0 Å². The summed E-state index contributed by atoms with van der Waals surface area (Å²) >= 11 is 0. The summed E-state index contributed by atoms with van der Waals surface area (Å²) < 4.78 is 0. The largest absolute Gasteiger partial charge is 0.269 e. The van der Waals surface area contributed by atoms with Crippen LogP contribution in [0.15, 0.2) is 30.3 Å². The van der Waals surface area contributed by atoms with E-state index >= 15 is 0 Å². The third-order valence-electron chi connectivity index (χ3n) is 3.74. The molecule has 0 radical (unpaired) electrons. The maximum absolute atomic E-state index is 5.91. The van der Waals surface area contributed by atoms with Crippen molar-refractivity contribution in [2.75, 3.05) is 13.1 Å². The highest BCUT2D eigenvalue weighted by atomic mass is 15.4. The van der Waals surface area contributed by atoms with Crippen molar-refractivity contribution < 1.29 is 0 Å². The van der Waals surface area contributed by atoms with Gasteiger partial charge in [0.25, 0.3) is 0 Å². The van der Waals surface area contributed by atoms with Crippen LogP contribution < -0.4 is 5.84 Å². The first-order valence-electron chi connectivity index (χ1n) is 5.34. The van der Waals surface area contributed by atoms with Crippen LogP contribution in [0, 0.1) is 5.92 Å². The Morgan fingerprint density at radius 1 is 1.21 bits per heavy atom. The third-order valence-corrected chi connectivity index (χ3v) is 3.74. The van der Waals surface area contributed by atoms with Gasteiger partial charge in [0.1, 0.15) is 0 Å². The lowest BCUT2D eigenvalue weighted by molar-refractivity contribution is -0.00414. The van der Waals surface area contributed by atoms with Crippen molar-refractivity contribution in [3.8, 4) is 0 Å². The summed E-state index contributed by atoms with van der Waals surface area (Å²) in [5.41, 5.74) is 1.87. The molecule has 1 aromatic rings. The van der Waals surface area contributed by atoms with Crippen molar-refractivity contribution in [2.45, 2.75) is 18.3 Å². The summed E-state index contributed by atoms with van der Waals surface area (Å²) in [5, 5.41) is 1.99. The molecular weight excluding hydrogens is 172 g/mol. The molecule has 2 heteroatoms. The summed E-state index contributed by atoms with van der Waals surface area (Å²) in [6, 6.07) is 10.8. The Morgan fingerprint density at radius 2 is 1.93 bits per heavy atom. The van der Waals surface area contributed by atoms with E-state index in [1.807, 2.05) is 5.01 Å². The fourth-order valence-corrected chi connectivity index (χ4v) is 3.21. The van der Waals surface area contributed by atoms with E-state index in [-0.39, 0.29) is 0 Å². The van der Waals surface area contributed by atoms with E-state index in [0.29, 0.717) is 5.41 Å². The molecule has 3 fully saturated rings. The molecule has 0 amide bonds. The van der Waals surface area contributed by atoms with E-state index in [4.69, 9.17) is 5.84 Å². The summed E-state index contributed by atoms with van der Waals surface area (Å²) in [6.45, 7) is 2.13. The Labute approximate surface area is 84.7 Å². The van der Waals surface area contributed by atoms with Gasteiger partial charge in [-0.1, -0.05) is 30.3 Å². The molecule has 2 aliphatic heterocycles. The van der Waals surface area contributed by atoms with Gasteiger partial charge in [0, 0.05) is 18.5 Å². The molecule has 1 aliphatic carbocycles. The van der Waals surface area contributed by atoms with Crippen LogP contribution in [0.25, 0.3) is 0 Å². The Morgan fingerprint density at radius 3 is 2.57 bits per heavy atom. The van der Waals surface area contributed by atoms with Crippen LogP contribution in [-0.4, -0.2) is 18.1 Å². The number of hydrogen-bond acceptors (Lipinski definition) is 2. The lowest BCUT2D eigenvalue weighted by Crippen LogP contribution is -2.60. The smallest absolute Gasteiger partial charge is 0.0226 e. The molecule has 3 aliphatic rings. The second-order valence-electron chi connectivity index (χ2n) is 4.85. The number of nitrogens with two attached hydrogens (primary N) is 1. The Kier molecular flexibility index (Phi) is 1.70. The maximum atomic E-state index is 5.91. The first-order valence-corrected chi connectivity index (χ1v) is 5.34. The van der Waals surface area contributed by atoms with Gasteiger partial charge in [-0.05, 0) is 24.3 Å². The van der Waals surface area contributed by atoms with Crippen LogP contribution >= 0.6 is 0 Å². The van der Waals surface area contributed by atoms with Crippen molar-refractivity contribution in [2.24, 2.45) is 11.8 Å². The molecule has 1 aromatic carbocycles. The van der Waals surface area contributed by atoms with E-state index in [2.05, 4.69) is 30.3 Å². The molecular formula is C12H16N2. The fourth-order valence-electron chi connectivity index (χ4n) is 3.21. The number of rotatable bonds is 1. The van der Waals surface area contributed by atoms with Gasteiger partial charge < -0.3 is 0 Å². The van der Waals surface area contributed by atoms with E-state index in [1.165, 1.54) is 18.4 Å². The minimum Gasteiger partial charge on any atom is -0.269 e. The summed E-state index contributed by atoms with van der Waals surface area (Å²) in [7, 11) is 0. The number of fused-ring (bicyclic) bond motifs is 2. The number of piperidine rings is 2. The van der Waals surface area contributed by atoms with Crippen molar-refractivity contribution in [1.29, 1.82) is 0 Å². The number of benzene rings is 1. The molecule has 2 nitrogen and oxygen atoms in total. The molecule has 0 spiro atoms. The second-order valence-corrected chi connectivity index (χ2v) is 4.85. The molecule has 2 heterocycles. The number of nitrogens with zero attached hydrogens (tertiary/aromatic N) is 1. The normalized spacial score (nSPS) is 36.5. The highest BCUT2D eigenvalue weighted by molar-refractivity contribution is 5.30. The molecule has 0 unspecified atom stereocenters. The standard InChI is InChI=1S/C12H16N2/c13-14-8-10-6-12(7-10,9-14)11-4-2-1-3-5-11/h1-5,10H,6-9,13H2. The van der Waals surface area contributed by atoms with Crippen LogP contribution in [-0.2, 0) is 5.41 Å². The zero-order valence-corrected chi connectivity index (χ0v) is 8.32. The fraction of sp³-hybridized carbons (Fsp3) is 0.500. The molecule has 0 atom stereocenters. The van der Waals surface area contributed by atoms with Crippen molar-refractivity contribution in [1.82, 2.24) is 5.01 Å². The predicted molar refractivity (Wildman–Crippen MR) is 56.6 cm³/mol. The van der Waals surface area contributed by atoms with Crippen LogP contribution in [0.1, 0.15) is 18.4 Å². The zero-order chi connectivity index (χ0) is 9.60. The summed E-state index contributed by atoms with van der Waals surface area (Å²) in [5.74, 6) is 6.75. The van der Waals surface area contributed by atoms with Crippen molar-refractivity contribution in [3.63, 3.8) is 0 Å². The average Bonchev–Trinajstić information content (AvgIpc) is 2.17. The van der Waals surface area contributed by atoms with Gasteiger partial charge in [-0.2, -0.15) is 0 Å². The summed E-state index contributed by atoms with van der Waals surface area (Å²) in [6.07, 6.45) is 2.68. The van der Waals surface area contributed by atoms with Crippen LogP contribution in [0.3, 0.4) is 0 Å². The Hall–Kier alpha value is -0.860. The maximum Gasteiger partial charge on any atom is 0.0226 e. The van der Waals surface area contributed by atoms with Gasteiger partial charge in [0.05, 0.1) is 0 Å². The second kappa shape index (κ2) is 2.81. The first-order chi connectivity index (χ1) is 6.78. The molecule has 2 N–H and O–H groups in total. The first kappa shape index (κ1) is 8.45. The van der Waals surface area contributed by atoms with Gasteiger partial charge in [-0.25, -0.2) is 5.01 Å². The van der Waals surface area contributed by atoms with Crippen molar-refractivity contribution in [3.05, 3.63) is 35.9 Å². The SMILES string of the molecule is NN1CC2CC(c3ccccc3)(C2)C1. The Bertz CT molecular complexity index is 327. The molecule has 1 saturated carbocycles. The molecule has 4 rings (SSSR count). The topological polar surface area (TPSA) is 29.3 Å². The third kappa shape index (κ3) is 1.11. The van der Waals surface area contributed by atoms with Gasteiger partial charge >= 0.3 is 0 Å². The minimum atomic E-state index is 0.388. The van der Waals surface area contributed by atoms with E-state index in [0.717, 1.165) is 19.0 Å². The average molecular weight is 188 g/mol. The Balaban J connectivity index is 1.92. The highest BCUT2D eigenvalue weighted by Crippen LogP contribution is 2.51. The molecule has 2 bridgehead atoms. The monoisotopic (exact) mass is 188 g/mol. The predicted octanol–water partition coefficient (Wildman–Crippen LogP) is 1.52. The van der Waals surface area contributed by atoms with Crippen LogP contribution in [0.2, 0.25) is 0 Å².